The van der Waals surface area contributed by atoms with Gasteiger partial charge in [-0.1, -0.05) is 13.3 Å². The van der Waals surface area contributed by atoms with Gasteiger partial charge in [0.15, 0.2) is 5.55 Å². The minimum absolute atomic E-state index is 1.08. The van der Waals surface area contributed by atoms with Crippen LogP contribution in [0, 0.1) is 0 Å². The summed E-state index contributed by atoms with van der Waals surface area (Å²) >= 11 is 4.43. The highest BCUT2D eigenvalue weighted by molar-refractivity contribution is 7.78. The van der Waals surface area contributed by atoms with Crippen LogP contribution in [0.25, 0.3) is 0 Å². The molecule has 0 radical (unpaired) electrons. The second-order valence-corrected chi connectivity index (χ2v) is 1.94. The maximum atomic E-state index is 4.69. The van der Waals surface area contributed by atoms with Crippen molar-refractivity contribution >= 4 is 17.8 Å². The van der Waals surface area contributed by atoms with Crippen LogP contribution in [0.5, 0.6) is 0 Å². The van der Waals surface area contributed by atoms with Crippen molar-refractivity contribution in [2.24, 2.45) is 0 Å². The van der Waals surface area contributed by atoms with E-state index in [9.17, 15) is 0 Å². The van der Waals surface area contributed by atoms with Gasteiger partial charge < -0.3 is 4.74 Å². The Balaban J connectivity index is 2.94. The fraction of sp³-hybridized carbons (Fsp3) is 0.571. The molecule has 52 valence electrons. The van der Waals surface area contributed by atoms with Crippen molar-refractivity contribution in [1.82, 2.24) is 0 Å². The SMILES string of the molecule is CCCCC=COC=S. The number of thiocarbonyl (C=S) groups is 1. The van der Waals surface area contributed by atoms with Gasteiger partial charge in [0.1, 0.15) is 0 Å². The molecule has 0 aliphatic heterocycles. The summed E-state index contributed by atoms with van der Waals surface area (Å²) in [5.41, 5.74) is 1.25. The monoisotopic (exact) mass is 144 g/mol. The molecule has 0 spiro atoms. The lowest BCUT2D eigenvalue weighted by Crippen LogP contribution is -1.71. The van der Waals surface area contributed by atoms with E-state index in [1.54, 1.807) is 6.26 Å². The largest absolute Gasteiger partial charge is 0.462 e. The molecule has 0 saturated heterocycles. The Morgan fingerprint density at radius 3 is 2.89 bits per heavy atom. The normalized spacial score (nSPS) is 9.89. The smallest absolute Gasteiger partial charge is 0.153 e. The van der Waals surface area contributed by atoms with E-state index in [4.69, 9.17) is 0 Å². The molecule has 0 rings (SSSR count). The zero-order valence-corrected chi connectivity index (χ0v) is 6.49. The fourth-order valence-electron chi connectivity index (χ4n) is 0.478. The van der Waals surface area contributed by atoms with Gasteiger partial charge in [0, 0.05) is 0 Å². The summed E-state index contributed by atoms with van der Waals surface area (Å²) in [4.78, 5) is 0. The van der Waals surface area contributed by atoms with E-state index in [0.717, 1.165) is 6.42 Å². The minimum Gasteiger partial charge on any atom is -0.462 e. The van der Waals surface area contributed by atoms with Gasteiger partial charge in [-0.2, -0.15) is 0 Å². The summed E-state index contributed by atoms with van der Waals surface area (Å²) in [6.07, 6.45) is 7.13. The van der Waals surface area contributed by atoms with Crippen molar-refractivity contribution in [3.05, 3.63) is 12.3 Å². The van der Waals surface area contributed by atoms with E-state index in [2.05, 4.69) is 23.9 Å². The fourth-order valence-corrected chi connectivity index (χ4v) is 0.542. The number of rotatable bonds is 5. The molecule has 1 nitrogen and oxygen atoms in total. The minimum atomic E-state index is 1.08. The molecule has 0 aliphatic rings. The van der Waals surface area contributed by atoms with E-state index in [-0.39, 0.29) is 0 Å². The average Bonchev–Trinajstić information content (AvgIpc) is 1.89. The Morgan fingerprint density at radius 1 is 1.56 bits per heavy atom. The molecule has 0 amide bonds. The van der Waals surface area contributed by atoms with Crippen molar-refractivity contribution in [2.75, 3.05) is 0 Å². The second-order valence-electron chi connectivity index (χ2n) is 1.75. The Hall–Kier alpha value is -0.370. The highest BCUT2D eigenvalue weighted by atomic mass is 32.1. The quantitative estimate of drug-likeness (QED) is 0.333. The predicted molar refractivity (Wildman–Crippen MR) is 43.4 cm³/mol. The molecule has 0 aromatic heterocycles. The molecule has 0 N–H and O–H groups in total. The molecule has 0 saturated carbocycles. The summed E-state index contributed by atoms with van der Waals surface area (Å²) in [6.45, 7) is 2.16. The first kappa shape index (κ1) is 8.63. The third-order valence-corrected chi connectivity index (χ3v) is 1.07. The van der Waals surface area contributed by atoms with Gasteiger partial charge in [-0.25, -0.2) is 0 Å². The lowest BCUT2D eigenvalue weighted by molar-refractivity contribution is 0.501. The molecule has 0 bridgehead atoms. The van der Waals surface area contributed by atoms with Crippen LogP contribution in [-0.4, -0.2) is 5.55 Å². The van der Waals surface area contributed by atoms with Gasteiger partial charge in [-0.15, -0.1) is 0 Å². The van der Waals surface area contributed by atoms with Crippen LogP contribution in [-0.2, 0) is 4.74 Å². The van der Waals surface area contributed by atoms with Crippen molar-refractivity contribution in [3.63, 3.8) is 0 Å². The molecule has 0 aliphatic carbocycles. The molecule has 0 unspecified atom stereocenters. The highest BCUT2D eigenvalue weighted by Crippen LogP contribution is 1.94. The molecular formula is C7H12OS. The first-order valence-corrected chi connectivity index (χ1v) is 3.63. The lowest BCUT2D eigenvalue weighted by atomic mass is 10.2. The van der Waals surface area contributed by atoms with E-state index >= 15 is 0 Å². The van der Waals surface area contributed by atoms with Gasteiger partial charge in [-0.05, 0) is 31.1 Å². The summed E-state index contributed by atoms with van der Waals surface area (Å²) in [5.74, 6) is 0. The van der Waals surface area contributed by atoms with Gasteiger partial charge in [-0.3, -0.25) is 0 Å². The van der Waals surface area contributed by atoms with Crippen LogP contribution in [0.2, 0.25) is 0 Å². The van der Waals surface area contributed by atoms with Crippen LogP contribution >= 0.6 is 12.2 Å². The highest BCUT2D eigenvalue weighted by Gasteiger charge is 1.75. The van der Waals surface area contributed by atoms with E-state index in [0.29, 0.717) is 0 Å². The molecule has 9 heavy (non-hydrogen) atoms. The maximum Gasteiger partial charge on any atom is 0.153 e. The first-order valence-electron chi connectivity index (χ1n) is 3.16. The zero-order valence-electron chi connectivity index (χ0n) is 5.67. The van der Waals surface area contributed by atoms with Gasteiger partial charge in [0.25, 0.3) is 0 Å². The van der Waals surface area contributed by atoms with Crippen LogP contribution in [0.1, 0.15) is 26.2 Å². The first-order chi connectivity index (χ1) is 4.41. The number of hydrogen-bond acceptors (Lipinski definition) is 2. The third kappa shape index (κ3) is 7.63. The molecule has 0 aromatic carbocycles. The van der Waals surface area contributed by atoms with Gasteiger partial charge >= 0.3 is 0 Å². The Morgan fingerprint density at radius 2 is 2.33 bits per heavy atom. The zero-order chi connectivity index (χ0) is 6.95. The van der Waals surface area contributed by atoms with Crippen LogP contribution < -0.4 is 0 Å². The molecule has 2 heteroatoms. The Bertz CT molecular complexity index is 88.9. The summed E-state index contributed by atoms with van der Waals surface area (Å²) in [7, 11) is 0. The maximum absolute atomic E-state index is 4.69. The molecule has 0 fully saturated rings. The third-order valence-electron chi connectivity index (χ3n) is 0.955. The summed E-state index contributed by atoms with van der Waals surface area (Å²) < 4.78 is 4.69. The standard InChI is InChI=1S/C7H12OS/c1-2-3-4-5-6-8-7-9/h5-7H,2-4H2,1H3. The van der Waals surface area contributed by atoms with Crippen LogP contribution in [0.4, 0.5) is 0 Å². The van der Waals surface area contributed by atoms with E-state index in [1.807, 2.05) is 6.08 Å². The number of allylic oxidation sites excluding steroid dienone is 1. The molecular weight excluding hydrogens is 132 g/mol. The van der Waals surface area contributed by atoms with Crippen molar-refractivity contribution < 1.29 is 4.74 Å². The van der Waals surface area contributed by atoms with Crippen LogP contribution in [0.15, 0.2) is 12.3 Å². The molecule has 0 heterocycles. The van der Waals surface area contributed by atoms with Crippen molar-refractivity contribution in [1.29, 1.82) is 0 Å². The topological polar surface area (TPSA) is 9.23 Å². The molecule has 0 aromatic rings. The number of ether oxygens (including phenoxy) is 1. The Labute approximate surface area is 61.7 Å². The van der Waals surface area contributed by atoms with Gasteiger partial charge in [0.05, 0.1) is 6.26 Å². The van der Waals surface area contributed by atoms with E-state index < -0.39 is 0 Å². The average molecular weight is 144 g/mol. The van der Waals surface area contributed by atoms with E-state index in [1.165, 1.54) is 18.4 Å². The van der Waals surface area contributed by atoms with Crippen molar-refractivity contribution in [3.8, 4) is 0 Å². The lowest BCUT2D eigenvalue weighted by Gasteiger charge is -1.87. The number of hydrogen-bond donors (Lipinski definition) is 0. The molecule has 0 atom stereocenters. The van der Waals surface area contributed by atoms with Crippen molar-refractivity contribution in [2.45, 2.75) is 26.2 Å². The predicted octanol–water partition coefficient (Wildman–Crippen LogP) is 2.66. The summed E-state index contributed by atoms with van der Waals surface area (Å²) in [6, 6.07) is 0. The number of unbranched alkanes of at least 4 members (excludes halogenated alkanes) is 2. The Kier molecular flexibility index (Phi) is 7.32. The summed E-state index contributed by atoms with van der Waals surface area (Å²) in [5, 5.41) is 0. The van der Waals surface area contributed by atoms with Crippen LogP contribution in [0.3, 0.4) is 0 Å². The second kappa shape index (κ2) is 7.63. The van der Waals surface area contributed by atoms with Gasteiger partial charge in [0.2, 0.25) is 0 Å².